The van der Waals surface area contributed by atoms with E-state index in [9.17, 15) is 0 Å². The lowest BCUT2D eigenvalue weighted by molar-refractivity contribution is 0.815. The van der Waals surface area contributed by atoms with Crippen LogP contribution in [0.25, 0.3) is 10.8 Å². The van der Waals surface area contributed by atoms with Crippen LogP contribution >= 0.6 is 0 Å². The van der Waals surface area contributed by atoms with Crippen LogP contribution in [0.1, 0.15) is 19.4 Å². The molecular weight excluding hydrogens is 246 g/mol. The van der Waals surface area contributed by atoms with E-state index in [-0.39, 0.29) is 0 Å². The Labute approximate surface area is 121 Å². The van der Waals surface area contributed by atoms with Crippen molar-refractivity contribution in [3.63, 3.8) is 0 Å². The summed E-state index contributed by atoms with van der Waals surface area (Å²) in [6.07, 6.45) is 1.98. The molecule has 0 aliphatic heterocycles. The first kappa shape index (κ1) is 14.5. The fourth-order valence-electron chi connectivity index (χ4n) is 2.48. The van der Waals surface area contributed by atoms with Crippen molar-refractivity contribution >= 4 is 16.6 Å². The normalized spacial score (nSPS) is 10.8. The molecular formula is C17H23N3. The van der Waals surface area contributed by atoms with Gasteiger partial charge in [0, 0.05) is 31.2 Å². The second-order valence-electron chi connectivity index (χ2n) is 5.15. The van der Waals surface area contributed by atoms with E-state index in [1.807, 2.05) is 13.2 Å². The van der Waals surface area contributed by atoms with Crippen LogP contribution in [0, 0.1) is 0 Å². The largest absolute Gasteiger partial charge is 0.352 e. The van der Waals surface area contributed by atoms with Crippen molar-refractivity contribution < 1.29 is 0 Å². The molecule has 0 amide bonds. The van der Waals surface area contributed by atoms with E-state index in [4.69, 9.17) is 4.98 Å². The van der Waals surface area contributed by atoms with Crippen molar-refractivity contribution in [3.8, 4) is 0 Å². The van der Waals surface area contributed by atoms with Gasteiger partial charge in [0.05, 0.1) is 0 Å². The number of anilines is 1. The van der Waals surface area contributed by atoms with E-state index < -0.39 is 0 Å². The third-order valence-corrected chi connectivity index (χ3v) is 3.37. The van der Waals surface area contributed by atoms with Gasteiger partial charge in [-0.3, -0.25) is 0 Å². The van der Waals surface area contributed by atoms with Crippen molar-refractivity contribution in [1.29, 1.82) is 0 Å². The van der Waals surface area contributed by atoms with Crippen molar-refractivity contribution in [2.24, 2.45) is 0 Å². The van der Waals surface area contributed by atoms with Crippen molar-refractivity contribution in [3.05, 3.63) is 48.2 Å². The smallest absolute Gasteiger partial charge is 0.136 e. The van der Waals surface area contributed by atoms with Gasteiger partial charge in [-0.05, 0) is 31.8 Å². The van der Waals surface area contributed by atoms with Crippen molar-refractivity contribution in [1.82, 2.24) is 10.3 Å². The molecule has 1 aromatic carbocycles. The minimum atomic E-state index is 0.834. The molecule has 0 bridgehead atoms. The standard InChI is InChI=1S/C17H23N3/c1-5-20(12-13(2)3)17-16-9-7-6-8-15(16)14(10-18-4)11-19-17/h6-9,11,18H,2,5,10,12H2,1,3-4H3. The van der Waals surface area contributed by atoms with Crippen LogP contribution in [0.3, 0.4) is 0 Å². The fraction of sp³-hybridized carbons (Fsp3) is 0.353. The van der Waals surface area contributed by atoms with Crippen LogP contribution in [-0.2, 0) is 6.54 Å². The van der Waals surface area contributed by atoms with Gasteiger partial charge in [0.2, 0.25) is 0 Å². The summed E-state index contributed by atoms with van der Waals surface area (Å²) >= 11 is 0. The molecule has 1 N–H and O–H groups in total. The van der Waals surface area contributed by atoms with Gasteiger partial charge in [-0.25, -0.2) is 4.98 Å². The summed E-state index contributed by atoms with van der Waals surface area (Å²) in [6, 6.07) is 8.48. The zero-order valence-electron chi connectivity index (χ0n) is 12.6. The number of likely N-dealkylation sites (N-methyl/N-ethyl adjacent to an activating group) is 1. The first-order valence-electron chi connectivity index (χ1n) is 7.08. The second-order valence-corrected chi connectivity index (χ2v) is 5.15. The molecule has 0 atom stereocenters. The average molecular weight is 269 g/mol. The Kier molecular flexibility index (Phi) is 4.74. The zero-order valence-corrected chi connectivity index (χ0v) is 12.6. The number of rotatable bonds is 6. The van der Waals surface area contributed by atoms with Crippen LogP contribution in [0.4, 0.5) is 5.82 Å². The molecule has 2 rings (SSSR count). The molecule has 0 unspecified atom stereocenters. The minimum Gasteiger partial charge on any atom is -0.352 e. The molecule has 20 heavy (non-hydrogen) atoms. The molecule has 1 heterocycles. The molecule has 0 saturated carbocycles. The number of pyridine rings is 1. The summed E-state index contributed by atoms with van der Waals surface area (Å²) in [6.45, 7) is 10.8. The second kappa shape index (κ2) is 6.53. The van der Waals surface area contributed by atoms with Gasteiger partial charge in [-0.1, -0.05) is 36.4 Å². The van der Waals surface area contributed by atoms with Crippen LogP contribution in [0.2, 0.25) is 0 Å². The Morgan fingerprint density at radius 1 is 1.30 bits per heavy atom. The Morgan fingerprint density at radius 3 is 2.60 bits per heavy atom. The predicted octanol–water partition coefficient (Wildman–Crippen LogP) is 3.36. The molecule has 2 aromatic rings. The lowest BCUT2D eigenvalue weighted by Crippen LogP contribution is -2.25. The number of nitrogens with zero attached hydrogens (tertiary/aromatic N) is 2. The van der Waals surface area contributed by atoms with Gasteiger partial charge < -0.3 is 10.2 Å². The summed E-state index contributed by atoms with van der Waals surface area (Å²) < 4.78 is 0. The number of aromatic nitrogens is 1. The maximum absolute atomic E-state index is 4.69. The third-order valence-electron chi connectivity index (χ3n) is 3.37. The van der Waals surface area contributed by atoms with E-state index >= 15 is 0 Å². The summed E-state index contributed by atoms with van der Waals surface area (Å²) in [5.74, 6) is 1.05. The van der Waals surface area contributed by atoms with E-state index in [1.54, 1.807) is 0 Å². The van der Waals surface area contributed by atoms with E-state index in [0.717, 1.165) is 31.0 Å². The summed E-state index contributed by atoms with van der Waals surface area (Å²) in [5.41, 5.74) is 2.38. The predicted molar refractivity (Wildman–Crippen MR) is 87.2 cm³/mol. The number of fused-ring (bicyclic) bond motifs is 1. The van der Waals surface area contributed by atoms with Crippen molar-refractivity contribution in [2.45, 2.75) is 20.4 Å². The fourth-order valence-corrected chi connectivity index (χ4v) is 2.48. The molecule has 0 fully saturated rings. The van der Waals surface area contributed by atoms with Gasteiger partial charge in [-0.2, -0.15) is 0 Å². The molecule has 0 radical (unpaired) electrons. The Morgan fingerprint density at radius 2 is 2.00 bits per heavy atom. The quantitative estimate of drug-likeness (QED) is 0.815. The molecule has 3 nitrogen and oxygen atoms in total. The zero-order chi connectivity index (χ0) is 14.5. The van der Waals surface area contributed by atoms with E-state index in [2.05, 4.69) is 54.9 Å². The van der Waals surface area contributed by atoms with E-state index in [0.29, 0.717) is 0 Å². The highest BCUT2D eigenvalue weighted by molar-refractivity contribution is 5.94. The van der Waals surface area contributed by atoms with Crippen LogP contribution in [-0.4, -0.2) is 25.1 Å². The van der Waals surface area contributed by atoms with Crippen LogP contribution in [0.15, 0.2) is 42.6 Å². The first-order valence-corrected chi connectivity index (χ1v) is 7.08. The molecule has 1 aromatic heterocycles. The van der Waals surface area contributed by atoms with Gasteiger partial charge in [0.15, 0.2) is 0 Å². The Hall–Kier alpha value is -1.87. The Balaban J connectivity index is 2.54. The highest BCUT2D eigenvalue weighted by Gasteiger charge is 2.12. The number of hydrogen-bond donors (Lipinski definition) is 1. The highest BCUT2D eigenvalue weighted by Crippen LogP contribution is 2.27. The number of nitrogens with one attached hydrogen (secondary N) is 1. The van der Waals surface area contributed by atoms with Gasteiger partial charge in [0.25, 0.3) is 0 Å². The van der Waals surface area contributed by atoms with E-state index in [1.165, 1.54) is 16.3 Å². The highest BCUT2D eigenvalue weighted by atomic mass is 15.2. The van der Waals surface area contributed by atoms with Gasteiger partial charge in [0.1, 0.15) is 5.82 Å². The lowest BCUT2D eigenvalue weighted by atomic mass is 10.1. The summed E-state index contributed by atoms with van der Waals surface area (Å²) in [7, 11) is 1.96. The van der Waals surface area contributed by atoms with Crippen LogP contribution < -0.4 is 10.2 Å². The molecule has 0 saturated heterocycles. The maximum atomic E-state index is 4.69. The summed E-state index contributed by atoms with van der Waals surface area (Å²) in [4.78, 5) is 6.97. The number of benzene rings is 1. The van der Waals surface area contributed by atoms with Gasteiger partial charge in [-0.15, -0.1) is 0 Å². The van der Waals surface area contributed by atoms with Crippen LogP contribution in [0.5, 0.6) is 0 Å². The lowest BCUT2D eigenvalue weighted by Gasteiger charge is -2.24. The monoisotopic (exact) mass is 269 g/mol. The molecule has 106 valence electrons. The topological polar surface area (TPSA) is 28.2 Å². The summed E-state index contributed by atoms with van der Waals surface area (Å²) in [5, 5.41) is 5.69. The Bertz CT molecular complexity index is 604. The minimum absolute atomic E-state index is 0.834. The maximum Gasteiger partial charge on any atom is 0.136 e. The SMILES string of the molecule is C=C(C)CN(CC)c1ncc(CNC)c2ccccc12. The number of hydrogen-bond acceptors (Lipinski definition) is 3. The molecule has 0 aliphatic carbocycles. The van der Waals surface area contributed by atoms with Crippen molar-refractivity contribution in [2.75, 3.05) is 25.0 Å². The molecule has 3 heteroatoms. The first-order chi connectivity index (χ1) is 9.67. The van der Waals surface area contributed by atoms with Gasteiger partial charge >= 0.3 is 0 Å². The average Bonchev–Trinajstić information content (AvgIpc) is 2.45. The third kappa shape index (κ3) is 2.99. The molecule has 0 spiro atoms. The molecule has 0 aliphatic rings.